The lowest BCUT2D eigenvalue weighted by Gasteiger charge is -2.09. The van der Waals surface area contributed by atoms with Gasteiger partial charge in [0.15, 0.2) is 0 Å². The van der Waals surface area contributed by atoms with Crippen molar-refractivity contribution in [2.45, 2.75) is 18.2 Å². The molecule has 0 fully saturated rings. The van der Waals surface area contributed by atoms with E-state index in [-0.39, 0.29) is 23.1 Å². The molecule has 16 heavy (non-hydrogen) atoms. The van der Waals surface area contributed by atoms with Gasteiger partial charge in [-0.25, -0.2) is 8.78 Å². The maximum atomic E-state index is 12.8. The van der Waals surface area contributed by atoms with Gasteiger partial charge in [0.1, 0.15) is 5.78 Å². The number of carbonyl (C=O) groups excluding carboxylic acids is 1. The van der Waals surface area contributed by atoms with Crippen molar-refractivity contribution in [3.05, 3.63) is 34.9 Å². The molecule has 0 atom stereocenters. The summed E-state index contributed by atoms with van der Waals surface area (Å²) in [7, 11) is 0. The number of hydrogen-bond donors (Lipinski definition) is 0. The summed E-state index contributed by atoms with van der Waals surface area (Å²) in [5.41, 5.74) is 1.14. The molecule has 0 heterocycles. The van der Waals surface area contributed by atoms with E-state index in [1.807, 2.05) is 0 Å². The summed E-state index contributed by atoms with van der Waals surface area (Å²) >= 11 is 6.23. The molecule has 0 saturated heterocycles. The van der Waals surface area contributed by atoms with E-state index in [2.05, 4.69) is 31.9 Å². The van der Waals surface area contributed by atoms with E-state index in [0.29, 0.717) is 10.9 Å². The van der Waals surface area contributed by atoms with Crippen molar-refractivity contribution in [1.29, 1.82) is 0 Å². The van der Waals surface area contributed by atoms with Gasteiger partial charge in [0.05, 0.1) is 5.33 Å². The largest absolute Gasteiger partial charge is 0.298 e. The Morgan fingerprint density at radius 2 is 2.00 bits per heavy atom. The highest BCUT2D eigenvalue weighted by Crippen LogP contribution is 2.25. The summed E-state index contributed by atoms with van der Waals surface area (Å²) in [5, 5.41) is 0.718. The maximum Gasteiger partial charge on any atom is 0.264 e. The fourth-order valence-corrected chi connectivity index (χ4v) is 1.90. The summed E-state index contributed by atoms with van der Waals surface area (Å²) in [4.78, 5) is 11.2. The van der Waals surface area contributed by atoms with Crippen LogP contribution in [0.3, 0.4) is 0 Å². The first-order chi connectivity index (χ1) is 7.58. The molecule has 0 aliphatic carbocycles. The maximum absolute atomic E-state index is 12.8. The Balaban J connectivity index is 3.03. The summed E-state index contributed by atoms with van der Waals surface area (Å²) in [5.74, 6) is -0.103. The van der Waals surface area contributed by atoms with Gasteiger partial charge in [-0.1, -0.05) is 44.0 Å². The Bertz CT molecular complexity index is 380. The van der Waals surface area contributed by atoms with Gasteiger partial charge >= 0.3 is 0 Å². The van der Waals surface area contributed by atoms with Crippen molar-refractivity contribution >= 4 is 37.6 Å². The van der Waals surface area contributed by atoms with Crippen LogP contribution in [0.5, 0.6) is 0 Å². The molecular weight excluding hydrogens is 346 g/mol. The van der Waals surface area contributed by atoms with E-state index >= 15 is 0 Å². The number of halogens is 4. The van der Waals surface area contributed by atoms with E-state index in [1.165, 1.54) is 6.07 Å². The molecule has 0 radical (unpaired) electrons. The fraction of sp³-hybridized carbons (Fsp3) is 0.364. The zero-order chi connectivity index (χ0) is 12.1. The quantitative estimate of drug-likeness (QED) is 0.729. The lowest BCUT2D eigenvalue weighted by Crippen LogP contribution is -2.06. The summed E-state index contributed by atoms with van der Waals surface area (Å²) in [6, 6.07) is 4.78. The van der Waals surface area contributed by atoms with Crippen molar-refractivity contribution in [2.24, 2.45) is 0 Å². The van der Waals surface area contributed by atoms with Crippen molar-refractivity contribution in [3.8, 4) is 0 Å². The molecule has 0 aliphatic heterocycles. The lowest BCUT2D eigenvalue weighted by molar-refractivity contribution is -0.115. The SMILES string of the molecule is O=C(CBr)Cc1ccc(CBr)cc1C(F)F. The number of alkyl halides is 4. The summed E-state index contributed by atoms with van der Waals surface area (Å²) in [6.45, 7) is 0. The van der Waals surface area contributed by atoms with Crippen molar-refractivity contribution in [2.75, 3.05) is 5.33 Å². The van der Waals surface area contributed by atoms with Gasteiger partial charge in [0.2, 0.25) is 0 Å². The minimum Gasteiger partial charge on any atom is -0.298 e. The predicted molar refractivity (Wildman–Crippen MR) is 66.5 cm³/mol. The number of ketones is 1. The first-order valence-electron chi connectivity index (χ1n) is 4.62. The van der Waals surface area contributed by atoms with Gasteiger partial charge in [-0.2, -0.15) is 0 Å². The molecule has 0 aromatic heterocycles. The minimum absolute atomic E-state index is 0.0491. The van der Waals surface area contributed by atoms with Crippen molar-refractivity contribution < 1.29 is 13.6 Å². The molecule has 0 saturated carbocycles. The summed E-state index contributed by atoms with van der Waals surface area (Å²) < 4.78 is 25.5. The normalized spacial score (nSPS) is 10.8. The molecule has 0 bridgehead atoms. The van der Waals surface area contributed by atoms with E-state index in [1.54, 1.807) is 12.1 Å². The van der Waals surface area contributed by atoms with Gasteiger partial charge in [0, 0.05) is 17.3 Å². The van der Waals surface area contributed by atoms with Gasteiger partial charge in [-0.3, -0.25) is 4.79 Å². The first kappa shape index (κ1) is 13.8. The third-order valence-corrected chi connectivity index (χ3v) is 3.41. The van der Waals surface area contributed by atoms with Gasteiger partial charge in [-0.15, -0.1) is 0 Å². The molecule has 0 aliphatic rings. The van der Waals surface area contributed by atoms with E-state index in [0.717, 1.165) is 5.56 Å². The number of benzene rings is 1. The zero-order valence-corrected chi connectivity index (χ0v) is 11.5. The fourth-order valence-electron chi connectivity index (χ4n) is 1.35. The molecule has 88 valence electrons. The van der Waals surface area contributed by atoms with Crippen molar-refractivity contribution in [1.82, 2.24) is 0 Å². The second kappa shape index (κ2) is 6.45. The van der Waals surface area contributed by atoms with Crippen LogP contribution in [0.4, 0.5) is 8.78 Å². The van der Waals surface area contributed by atoms with Crippen LogP contribution >= 0.6 is 31.9 Å². The third-order valence-electron chi connectivity index (χ3n) is 2.14. The molecule has 5 heteroatoms. The van der Waals surface area contributed by atoms with Gasteiger partial charge in [0.25, 0.3) is 6.43 Å². The van der Waals surface area contributed by atoms with Crippen LogP contribution in [0.25, 0.3) is 0 Å². The van der Waals surface area contributed by atoms with E-state index in [9.17, 15) is 13.6 Å². The number of carbonyl (C=O) groups is 1. The number of hydrogen-bond acceptors (Lipinski definition) is 1. The second-order valence-electron chi connectivity index (χ2n) is 3.32. The summed E-state index contributed by atoms with van der Waals surface area (Å²) in [6.07, 6.45) is -2.50. The molecule has 1 aromatic rings. The molecule has 1 nitrogen and oxygen atoms in total. The predicted octanol–water partition coefficient (Wildman–Crippen LogP) is 4.03. The molecule has 1 aromatic carbocycles. The molecule has 1 rings (SSSR count). The van der Waals surface area contributed by atoms with Gasteiger partial charge < -0.3 is 0 Å². The van der Waals surface area contributed by atoms with E-state index < -0.39 is 6.43 Å². The molecule has 0 unspecified atom stereocenters. The highest BCUT2D eigenvalue weighted by atomic mass is 79.9. The Kier molecular flexibility index (Phi) is 5.55. The standard InChI is InChI=1S/C11H10Br2F2O/c12-5-7-1-2-8(4-9(16)6-13)10(3-7)11(14)15/h1-3,11H,4-6H2. The third kappa shape index (κ3) is 3.63. The van der Waals surface area contributed by atoms with Gasteiger partial charge in [-0.05, 0) is 17.2 Å². The van der Waals surface area contributed by atoms with Crippen molar-refractivity contribution in [3.63, 3.8) is 0 Å². The Morgan fingerprint density at radius 3 is 2.50 bits per heavy atom. The monoisotopic (exact) mass is 354 g/mol. The average Bonchev–Trinajstić information content (AvgIpc) is 2.29. The molecule has 0 N–H and O–H groups in total. The molecule has 0 spiro atoms. The van der Waals surface area contributed by atoms with Crippen LogP contribution in [0.2, 0.25) is 0 Å². The molecule has 0 amide bonds. The Hall–Kier alpha value is -0.290. The zero-order valence-electron chi connectivity index (χ0n) is 8.35. The second-order valence-corrected chi connectivity index (χ2v) is 4.44. The Morgan fingerprint density at radius 1 is 1.31 bits per heavy atom. The van der Waals surface area contributed by atoms with Crippen LogP contribution in [-0.2, 0) is 16.5 Å². The average molecular weight is 356 g/mol. The van der Waals surface area contributed by atoms with Crippen LogP contribution in [-0.4, -0.2) is 11.1 Å². The number of Topliss-reactive ketones (excluding diaryl/α,β-unsaturated/α-hetero) is 1. The topological polar surface area (TPSA) is 17.1 Å². The van der Waals surface area contributed by atoms with E-state index in [4.69, 9.17) is 0 Å². The van der Waals surface area contributed by atoms with Crippen LogP contribution in [0.15, 0.2) is 18.2 Å². The first-order valence-corrected chi connectivity index (χ1v) is 6.86. The smallest absolute Gasteiger partial charge is 0.264 e. The van der Waals surface area contributed by atoms with Crippen LogP contribution in [0.1, 0.15) is 23.1 Å². The highest BCUT2D eigenvalue weighted by molar-refractivity contribution is 9.09. The van der Waals surface area contributed by atoms with Crippen LogP contribution in [0, 0.1) is 0 Å². The number of rotatable bonds is 5. The molecular formula is C11H10Br2F2O. The lowest BCUT2D eigenvalue weighted by atomic mass is 10.0. The van der Waals surface area contributed by atoms with Crippen LogP contribution < -0.4 is 0 Å². The Labute approximate surface area is 109 Å². The highest BCUT2D eigenvalue weighted by Gasteiger charge is 2.15. The minimum atomic E-state index is -2.54.